The van der Waals surface area contributed by atoms with Gasteiger partial charge in [0.15, 0.2) is 5.96 Å². The van der Waals surface area contributed by atoms with Gasteiger partial charge in [-0.25, -0.2) is 0 Å². The van der Waals surface area contributed by atoms with Crippen LogP contribution in [0.2, 0.25) is 0 Å². The Morgan fingerprint density at radius 2 is 2.20 bits per heavy atom. The van der Waals surface area contributed by atoms with Crippen LogP contribution in [0, 0.1) is 0 Å². The molecule has 2 aromatic rings. The molecule has 0 atom stereocenters. The minimum atomic E-state index is 0. The fourth-order valence-electron chi connectivity index (χ4n) is 2.30. The molecule has 25 heavy (non-hydrogen) atoms. The van der Waals surface area contributed by atoms with Crippen molar-refractivity contribution in [2.24, 2.45) is 4.99 Å². The summed E-state index contributed by atoms with van der Waals surface area (Å²) in [5, 5.41) is 11.6. The van der Waals surface area contributed by atoms with Gasteiger partial charge in [0.1, 0.15) is 12.2 Å². The Hall–Kier alpha value is -0.680. The van der Waals surface area contributed by atoms with E-state index < -0.39 is 0 Å². The first-order chi connectivity index (χ1) is 11.6. The molecule has 0 amide bonds. The average Bonchev–Trinajstić information content (AvgIpc) is 3.19. The van der Waals surface area contributed by atoms with Gasteiger partial charge < -0.3 is 14.8 Å². The minimum Gasteiger partial charge on any atom is -0.354 e. The van der Waals surface area contributed by atoms with Crippen LogP contribution in [-0.4, -0.2) is 45.8 Å². The maximum atomic E-state index is 4.69. The number of aromatic nitrogens is 3. The number of thiophene rings is 1. The van der Waals surface area contributed by atoms with Gasteiger partial charge in [-0.05, 0) is 34.5 Å². The van der Waals surface area contributed by atoms with Crippen molar-refractivity contribution >= 4 is 57.2 Å². The number of rotatable bonds is 8. The summed E-state index contributed by atoms with van der Waals surface area (Å²) in [6.45, 7) is 7.54. The van der Waals surface area contributed by atoms with Crippen molar-refractivity contribution in [1.29, 1.82) is 0 Å². The standard InChI is InChI=1S/C16H25BrN6S.HI/c1-4-8-18-16(22(3)11-13-6-7-14(17)24-13)19-9-10-23-12-20-21-15(23)5-2;/h6-7,12H,4-5,8-11H2,1-3H3,(H,18,19);1H. The quantitative estimate of drug-likeness (QED) is 0.314. The highest BCUT2D eigenvalue weighted by atomic mass is 127. The maximum Gasteiger partial charge on any atom is 0.194 e. The molecule has 2 heterocycles. The Morgan fingerprint density at radius 1 is 1.40 bits per heavy atom. The zero-order chi connectivity index (χ0) is 17.4. The van der Waals surface area contributed by atoms with Crippen LogP contribution in [0.15, 0.2) is 27.2 Å². The second-order valence-corrected chi connectivity index (χ2v) is 8.04. The zero-order valence-corrected chi connectivity index (χ0v) is 19.6. The monoisotopic (exact) mass is 540 g/mol. The molecule has 0 bridgehead atoms. The first kappa shape index (κ1) is 22.4. The third-order valence-corrected chi connectivity index (χ3v) is 5.12. The summed E-state index contributed by atoms with van der Waals surface area (Å²) in [6, 6.07) is 4.23. The molecule has 0 fully saturated rings. The molecular weight excluding hydrogens is 515 g/mol. The van der Waals surface area contributed by atoms with E-state index in [1.807, 2.05) is 0 Å². The number of nitrogens with zero attached hydrogens (tertiary/aromatic N) is 5. The molecule has 0 saturated carbocycles. The number of nitrogens with one attached hydrogen (secondary N) is 1. The van der Waals surface area contributed by atoms with Gasteiger partial charge in [-0.1, -0.05) is 13.8 Å². The number of hydrogen-bond acceptors (Lipinski definition) is 4. The van der Waals surface area contributed by atoms with Crippen molar-refractivity contribution in [3.8, 4) is 0 Å². The molecule has 0 aliphatic heterocycles. The Balaban J connectivity index is 0.00000312. The lowest BCUT2D eigenvalue weighted by molar-refractivity contribution is 0.474. The van der Waals surface area contributed by atoms with Gasteiger partial charge in [-0.2, -0.15) is 0 Å². The molecule has 6 nitrogen and oxygen atoms in total. The molecular formula is C16H26BrIN6S. The van der Waals surface area contributed by atoms with Crippen LogP contribution < -0.4 is 5.32 Å². The molecule has 0 saturated heterocycles. The third kappa shape index (κ3) is 7.22. The highest BCUT2D eigenvalue weighted by molar-refractivity contribution is 14.0. The number of hydrogen-bond donors (Lipinski definition) is 1. The summed E-state index contributed by atoms with van der Waals surface area (Å²) in [7, 11) is 2.07. The fourth-order valence-corrected chi connectivity index (χ4v) is 3.84. The Morgan fingerprint density at radius 3 is 2.84 bits per heavy atom. The third-order valence-electron chi connectivity index (χ3n) is 3.52. The minimum absolute atomic E-state index is 0. The molecule has 0 aromatic carbocycles. The van der Waals surface area contributed by atoms with E-state index >= 15 is 0 Å². The van der Waals surface area contributed by atoms with E-state index in [0.29, 0.717) is 0 Å². The molecule has 0 unspecified atom stereocenters. The molecule has 1 N–H and O–H groups in total. The van der Waals surface area contributed by atoms with Gasteiger partial charge in [-0.15, -0.1) is 45.5 Å². The van der Waals surface area contributed by atoms with Crippen LogP contribution in [0.4, 0.5) is 0 Å². The van der Waals surface area contributed by atoms with E-state index in [2.05, 4.69) is 73.9 Å². The maximum absolute atomic E-state index is 4.69. The average molecular weight is 541 g/mol. The molecule has 9 heteroatoms. The van der Waals surface area contributed by atoms with Crippen LogP contribution in [0.5, 0.6) is 0 Å². The Labute approximate surface area is 179 Å². The SMILES string of the molecule is CCCN=C(NCCn1cnnc1CC)N(C)Cc1ccc(Br)s1.I. The van der Waals surface area contributed by atoms with E-state index in [-0.39, 0.29) is 24.0 Å². The fraction of sp³-hybridized carbons (Fsp3) is 0.562. The van der Waals surface area contributed by atoms with E-state index in [1.165, 1.54) is 4.88 Å². The summed E-state index contributed by atoms with van der Waals surface area (Å²) in [6.07, 6.45) is 3.72. The summed E-state index contributed by atoms with van der Waals surface area (Å²) < 4.78 is 3.24. The van der Waals surface area contributed by atoms with E-state index in [4.69, 9.17) is 4.99 Å². The van der Waals surface area contributed by atoms with Crippen molar-refractivity contribution in [3.05, 3.63) is 32.9 Å². The molecule has 0 spiro atoms. The second-order valence-electron chi connectivity index (χ2n) is 5.49. The molecule has 0 aliphatic rings. The zero-order valence-electron chi connectivity index (χ0n) is 14.9. The van der Waals surface area contributed by atoms with Gasteiger partial charge in [0.2, 0.25) is 0 Å². The molecule has 0 aliphatic carbocycles. The van der Waals surface area contributed by atoms with Crippen LogP contribution >= 0.6 is 51.2 Å². The molecule has 2 aromatic heterocycles. The van der Waals surface area contributed by atoms with Gasteiger partial charge in [-0.3, -0.25) is 4.99 Å². The van der Waals surface area contributed by atoms with Crippen molar-refractivity contribution in [2.45, 2.75) is 39.8 Å². The Kier molecular flexibility index (Phi) is 10.6. The first-order valence-corrected chi connectivity index (χ1v) is 9.85. The summed E-state index contributed by atoms with van der Waals surface area (Å²) in [5.74, 6) is 1.95. The predicted octanol–water partition coefficient (Wildman–Crippen LogP) is 3.77. The van der Waals surface area contributed by atoms with Crippen LogP contribution in [0.3, 0.4) is 0 Å². The number of aryl methyl sites for hydroxylation is 1. The molecule has 2 rings (SSSR count). The predicted molar refractivity (Wildman–Crippen MR) is 119 cm³/mol. The normalized spacial score (nSPS) is 11.3. The van der Waals surface area contributed by atoms with Crippen molar-refractivity contribution in [3.63, 3.8) is 0 Å². The van der Waals surface area contributed by atoms with Gasteiger partial charge >= 0.3 is 0 Å². The molecule has 140 valence electrons. The summed E-state index contributed by atoms with van der Waals surface area (Å²) in [4.78, 5) is 8.17. The lowest BCUT2D eigenvalue weighted by Crippen LogP contribution is -2.40. The topological polar surface area (TPSA) is 58.3 Å². The highest BCUT2D eigenvalue weighted by Gasteiger charge is 2.09. The second kappa shape index (κ2) is 11.8. The van der Waals surface area contributed by atoms with E-state index in [9.17, 15) is 0 Å². The lowest BCUT2D eigenvalue weighted by atomic mass is 10.4. The van der Waals surface area contributed by atoms with E-state index in [0.717, 1.165) is 54.6 Å². The van der Waals surface area contributed by atoms with Crippen molar-refractivity contribution < 1.29 is 0 Å². The van der Waals surface area contributed by atoms with Crippen molar-refractivity contribution in [1.82, 2.24) is 25.0 Å². The van der Waals surface area contributed by atoms with Gasteiger partial charge in [0.25, 0.3) is 0 Å². The largest absolute Gasteiger partial charge is 0.354 e. The first-order valence-electron chi connectivity index (χ1n) is 8.24. The lowest BCUT2D eigenvalue weighted by Gasteiger charge is -2.22. The summed E-state index contributed by atoms with van der Waals surface area (Å²) in [5.41, 5.74) is 0. The Bertz CT molecular complexity index is 657. The number of guanidine groups is 1. The number of aliphatic imine (C=N–C) groups is 1. The van der Waals surface area contributed by atoms with Crippen LogP contribution in [-0.2, 0) is 19.5 Å². The smallest absolute Gasteiger partial charge is 0.194 e. The van der Waals surface area contributed by atoms with Crippen LogP contribution in [0.1, 0.15) is 31.0 Å². The molecule has 0 radical (unpaired) electrons. The van der Waals surface area contributed by atoms with E-state index in [1.54, 1.807) is 17.7 Å². The van der Waals surface area contributed by atoms with Gasteiger partial charge in [0, 0.05) is 38.0 Å². The highest BCUT2D eigenvalue weighted by Crippen LogP contribution is 2.22. The van der Waals surface area contributed by atoms with Crippen LogP contribution in [0.25, 0.3) is 0 Å². The number of halogens is 2. The van der Waals surface area contributed by atoms with Crippen molar-refractivity contribution in [2.75, 3.05) is 20.1 Å². The summed E-state index contributed by atoms with van der Waals surface area (Å²) >= 11 is 5.27. The van der Waals surface area contributed by atoms with Gasteiger partial charge in [0.05, 0.1) is 10.3 Å².